The Kier molecular flexibility index (Phi) is 5.98. The Balaban J connectivity index is 1.30. The zero-order chi connectivity index (χ0) is 15.2. The van der Waals surface area contributed by atoms with Crippen LogP contribution in [0.4, 0.5) is 5.69 Å². The molecule has 0 spiro atoms. The van der Waals surface area contributed by atoms with Gasteiger partial charge in [0.05, 0.1) is 18.8 Å². The Labute approximate surface area is 137 Å². The number of anilines is 1. The molecule has 0 aromatic heterocycles. The molecule has 1 saturated carbocycles. The average molecular weight is 340 g/mol. The van der Waals surface area contributed by atoms with E-state index in [1.807, 2.05) is 30.3 Å². The van der Waals surface area contributed by atoms with Gasteiger partial charge in [-0.05, 0) is 37.2 Å². The summed E-state index contributed by atoms with van der Waals surface area (Å²) in [5.41, 5.74) is 0.969. The smallest absolute Gasteiger partial charge is 0.333 e. The maximum absolute atomic E-state index is 5.81. The van der Waals surface area contributed by atoms with Crippen LogP contribution < -0.4 is 10.6 Å². The lowest BCUT2D eigenvalue weighted by Gasteiger charge is -2.20. The van der Waals surface area contributed by atoms with Gasteiger partial charge in [-0.25, -0.2) is 0 Å². The van der Waals surface area contributed by atoms with E-state index in [-0.39, 0.29) is 12.2 Å². The zero-order valence-electron chi connectivity index (χ0n) is 12.4. The highest BCUT2D eigenvalue weighted by Crippen LogP contribution is 2.52. The minimum Gasteiger partial charge on any atom is -0.360 e. The van der Waals surface area contributed by atoms with Crippen molar-refractivity contribution < 1.29 is 13.6 Å². The molecule has 3 rings (SSSR count). The number of rotatable bonds is 5. The molecule has 120 valence electrons. The second kappa shape index (κ2) is 8.18. The summed E-state index contributed by atoms with van der Waals surface area (Å²) in [6, 6.07) is 9.83. The molecule has 0 bridgehead atoms. The molecular weight excluding hydrogens is 319 g/mol. The number of thiocarbonyl (C=S) groups is 1. The Morgan fingerprint density at radius 1 is 1.18 bits per heavy atom. The van der Waals surface area contributed by atoms with E-state index < -0.39 is 8.60 Å². The summed E-state index contributed by atoms with van der Waals surface area (Å²) in [5.74, 6) is 0. The topological polar surface area (TPSA) is 51.8 Å². The summed E-state index contributed by atoms with van der Waals surface area (Å²) in [5, 5.41) is 6.82. The number of nitrogens with one attached hydrogen (secondary N) is 2. The van der Waals surface area contributed by atoms with Crippen molar-refractivity contribution in [2.45, 2.75) is 37.9 Å². The molecule has 22 heavy (non-hydrogen) atoms. The zero-order valence-corrected chi connectivity index (χ0v) is 14.1. The number of para-hydroxylation sites is 1. The first-order valence-corrected chi connectivity index (χ1v) is 9.18. The Morgan fingerprint density at radius 2 is 1.86 bits per heavy atom. The fraction of sp³-hybridized carbons (Fsp3) is 0.533. The van der Waals surface area contributed by atoms with Crippen LogP contribution in [-0.2, 0) is 13.6 Å². The van der Waals surface area contributed by atoms with Crippen molar-refractivity contribution in [3.8, 4) is 0 Å². The molecule has 0 unspecified atom stereocenters. The number of hydrogen-bond donors (Lipinski definition) is 2. The van der Waals surface area contributed by atoms with Crippen LogP contribution in [0.5, 0.6) is 0 Å². The maximum Gasteiger partial charge on any atom is 0.333 e. The van der Waals surface area contributed by atoms with E-state index in [1.165, 1.54) is 12.8 Å². The molecule has 5 nitrogen and oxygen atoms in total. The second-order valence-corrected chi connectivity index (χ2v) is 6.91. The average Bonchev–Trinajstić information content (AvgIpc) is 2.95. The number of hydrogen-bond acceptors (Lipinski definition) is 4. The van der Waals surface area contributed by atoms with E-state index in [4.69, 9.17) is 25.8 Å². The Morgan fingerprint density at radius 3 is 2.55 bits per heavy atom. The van der Waals surface area contributed by atoms with Crippen LogP contribution in [0.3, 0.4) is 0 Å². The summed E-state index contributed by atoms with van der Waals surface area (Å²) < 4.78 is 17.3. The van der Waals surface area contributed by atoms with Gasteiger partial charge in [0.2, 0.25) is 0 Å². The van der Waals surface area contributed by atoms with E-state index in [0.717, 1.165) is 18.5 Å². The van der Waals surface area contributed by atoms with Crippen LogP contribution in [0, 0.1) is 0 Å². The first-order chi connectivity index (χ1) is 10.8. The third-order valence-electron chi connectivity index (χ3n) is 3.70. The maximum atomic E-state index is 5.81. The molecule has 2 atom stereocenters. The van der Waals surface area contributed by atoms with Gasteiger partial charge in [0, 0.05) is 12.2 Å². The van der Waals surface area contributed by atoms with Crippen LogP contribution in [-0.4, -0.2) is 30.5 Å². The van der Waals surface area contributed by atoms with Gasteiger partial charge in [-0.2, -0.15) is 0 Å². The van der Waals surface area contributed by atoms with Crippen LogP contribution in [0.1, 0.15) is 25.7 Å². The fourth-order valence-corrected chi connectivity index (χ4v) is 4.15. The third-order valence-corrected chi connectivity index (χ3v) is 5.23. The molecular formula is C15H21N2O3PS. The Bertz CT molecular complexity index is 477. The van der Waals surface area contributed by atoms with E-state index in [0.29, 0.717) is 18.3 Å². The van der Waals surface area contributed by atoms with Crippen LogP contribution in [0.15, 0.2) is 30.3 Å². The van der Waals surface area contributed by atoms with E-state index in [1.54, 1.807) is 0 Å². The van der Waals surface area contributed by atoms with Crippen molar-refractivity contribution in [3.05, 3.63) is 30.3 Å². The van der Waals surface area contributed by atoms with Crippen molar-refractivity contribution in [2.24, 2.45) is 0 Å². The highest BCUT2D eigenvalue weighted by Gasteiger charge is 2.39. The normalized spacial score (nSPS) is 24.7. The van der Waals surface area contributed by atoms with Crippen molar-refractivity contribution in [2.75, 3.05) is 18.5 Å². The minimum atomic E-state index is -1.18. The highest BCUT2D eigenvalue weighted by atomic mass is 32.1. The van der Waals surface area contributed by atoms with Crippen molar-refractivity contribution in [1.29, 1.82) is 0 Å². The number of fused-ring (bicyclic) bond motifs is 1. The molecule has 1 heterocycles. The monoisotopic (exact) mass is 340 g/mol. The van der Waals surface area contributed by atoms with Crippen LogP contribution in [0.2, 0.25) is 0 Å². The van der Waals surface area contributed by atoms with Gasteiger partial charge in [0.15, 0.2) is 5.11 Å². The quantitative estimate of drug-likeness (QED) is 0.485. The molecule has 7 heteroatoms. The summed E-state index contributed by atoms with van der Waals surface area (Å²) in [4.78, 5) is 0. The summed E-state index contributed by atoms with van der Waals surface area (Å²) in [6.45, 7) is 1.14. The lowest BCUT2D eigenvalue weighted by Crippen LogP contribution is -2.31. The molecule has 2 fully saturated rings. The lowest BCUT2D eigenvalue weighted by atomic mass is 9.95. The SMILES string of the molecule is S=C(NCCOP1O[C@@H]2CCCC[C@H]2O1)Nc1ccccc1. The van der Waals surface area contributed by atoms with Crippen molar-refractivity contribution in [1.82, 2.24) is 5.32 Å². The summed E-state index contributed by atoms with van der Waals surface area (Å²) in [6.07, 6.45) is 5.14. The highest BCUT2D eigenvalue weighted by molar-refractivity contribution is 7.80. The molecule has 1 aliphatic heterocycles. The Hall–Kier alpha value is -0.780. The summed E-state index contributed by atoms with van der Waals surface area (Å²) >= 11 is 5.23. The molecule has 1 aliphatic carbocycles. The summed E-state index contributed by atoms with van der Waals surface area (Å²) in [7, 11) is -1.18. The molecule has 0 amide bonds. The predicted octanol–water partition coefficient (Wildman–Crippen LogP) is 3.57. The van der Waals surface area contributed by atoms with Gasteiger partial charge in [0.1, 0.15) is 0 Å². The van der Waals surface area contributed by atoms with Gasteiger partial charge < -0.3 is 24.2 Å². The van der Waals surface area contributed by atoms with Crippen LogP contribution in [0.25, 0.3) is 0 Å². The second-order valence-electron chi connectivity index (χ2n) is 5.38. The largest absolute Gasteiger partial charge is 0.360 e. The van der Waals surface area contributed by atoms with Gasteiger partial charge in [0.25, 0.3) is 0 Å². The molecule has 1 saturated heterocycles. The van der Waals surface area contributed by atoms with Crippen molar-refractivity contribution in [3.63, 3.8) is 0 Å². The molecule has 0 radical (unpaired) electrons. The molecule has 1 aromatic rings. The standard InChI is InChI=1S/C15H21N2O3PS/c22-15(17-12-6-2-1-3-7-12)16-10-11-18-21-19-13-8-4-5-9-14(13)20-21/h1-3,6-7,13-14H,4-5,8-11H2,(H2,16,17,22)/t13-,14-/m1/s1. The molecule has 1 aromatic carbocycles. The van der Waals surface area contributed by atoms with Gasteiger partial charge >= 0.3 is 8.60 Å². The van der Waals surface area contributed by atoms with E-state index >= 15 is 0 Å². The van der Waals surface area contributed by atoms with Crippen LogP contribution >= 0.6 is 20.8 Å². The third kappa shape index (κ3) is 4.61. The molecule has 2 N–H and O–H groups in total. The van der Waals surface area contributed by atoms with Crippen molar-refractivity contribution >= 4 is 31.6 Å². The predicted molar refractivity (Wildman–Crippen MR) is 91.8 cm³/mol. The number of benzene rings is 1. The fourth-order valence-electron chi connectivity index (χ4n) is 2.59. The first kappa shape index (κ1) is 16.1. The molecule has 2 aliphatic rings. The van der Waals surface area contributed by atoms with Gasteiger partial charge in [-0.3, -0.25) is 0 Å². The lowest BCUT2D eigenvalue weighted by molar-refractivity contribution is 0.110. The van der Waals surface area contributed by atoms with Gasteiger partial charge in [-0.15, -0.1) is 0 Å². The minimum absolute atomic E-state index is 0.244. The van der Waals surface area contributed by atoms with E-state index in [2.05, 4.69) is 10.6 Å². The van der Waals surface area contributed by atoms with Gasteiger partial charge in [-0.1, -0.05) is 31.0 Å². The first-order valence-electron chi connectivity index (χ1n) is 7.68. The van der Waals surface area contributed by atoms with E-state index in [9.17, 15) is 0 Å².